The standard InChI is InChI=1S/C18H10N4O3S/c1-2-9-21-15-8-7-14(22(24)25)10-16(15)26-18(21)20-17(23)13-5-3-12(11-19)4-6-13/h1,3-8,10H,9H2. The zero-order chi connectivity index (χ0) is 18.7. The molecule has 3 aromatic rings. The molecule has 0 bridgehead atoms. The summed E-state index contributed by atoms with van der Waals surface area (Å²) >= 11 is 1.15. The van der Waals surface area contributed by atoms with Crippen LogP contribution >= 0.6 is 11.3 Å². The number of terminal acetylenes is 1. The molecule has 0 saturated heterocycles. The fraction of sp³-hybridized carbons (Fsp3) is 0.0556. The molecule has 8 heteroatoms. The van der Waals surface area contributed by atoms with Crippen molar-refractivity contribution in [3.05, 3.63) is 68.5 Å². The SMILES string of the molecule is C#CCn1c(=NC(=O)c2ccc(C#N)cc2)sc2cc([N+](=O)[O-])ccc21. The fourth-order valence-corrected chi connectivity index (χ4v) is 3.40. The van der Waals surface area contributed by atoms with Gasteiger partial charge in [-0.05, 0) is 30.3 Å². The summed E-state index contributed by atoms with van der Waals surface area (Å²) in [6, 6.07) is 12.5. The number of amides is 1. The third kappa shape index (κ3) is 3.22. The number of carbonyl (C=O) groups excluding carboxylic acids is 1. The summed E-state index contributed by atoms with van der Waals surface area (Å²) < 4.78 is 2.27. The largest absolute Gasteiger partial charge is 0.305 e. The lowest BCUT2D eigenvalue weighted by atomic mass is 10.1. The Hall–Kier alpha value is -3.75. The van der Waals surface area contributed by atoms with Crippen molar-refractivity contribution >= 4 is 33.1 Å². The van der Waals surface area contributed by atoms with Crippen LogP contribution < -0.4 is 4.80 Å². The van der Waals surface area contributed by atoms with E-state index in [9.17, 15) is 14.9 Å². The smallest absolute Gasteiger partial charge is 0.279 e. The van der Waals surface area contributed by atoms with Crippen molar-refractivity contribution in [3.63, 3.8) is 0 Å². The Labute approximate surface area is 151 Å². The van der Waals surface area contributed by atoms with Crippen molar-refractivity contribution in [2.24, 2.45) is 4.99 Å². The van der Waals surface area contributed by atoms with Crippen LogP contribution in [0.4, 0.5) is 5.69 Å². The van der Waals surface area contributed by atoms with Gasteiger partial charge in [-0.1, -0.05) is 17.3 Å². The Kier molecular flexibility index (Phi) is 4.61. The van der Waals surface area contributed by atoms with Gasteiger partial charge in [0.15, 0.2) is 4.80 Å². The van der Waals surface area contributed by atoms with E-state index < -0.39 is 10.8 Å². The summed E-state index contributed by atoms with van der Waals surface area (Å²) in [6.07, 6.45) is 5.40. The third-order valence-electron chi connectivity index (χ3n) is 3.58. The highest BCUT2D eigenvalue weighted by molar-refractivity contribution is 7.16. The second-order valence-electron chi connectivity index (χ2n) is 5.19. The molecule has 0 radical (unpaired) electrons. The topological polar surface area (TPSA) is 101 Å². The molecule has 2 aromatic carbocycles. The Morgan fingerprint density at radius 3 is 2.65 bits per heavy atom. The lowest BCUT2D eigenvalue weighted by Gasteiger charge is -2.00. The van der Waals surface area contributed by atoms with Gasteiger partial charge in [0.05, 0.1) is 33.3 Å². The van der Waals surface area contributed by atoms with E-state index in [1.54, 1.807) is 10.6 Å². The summed E-state index contributed by atoms with van der Waals surface area (Å²) in [5.41, 5.74) is 1.40. The third-order valence-corrected chi connectivity index (χ3v) is 4.63. The van der Waals surface area contributed by atoms with E-state index in [0.717, 1.165) is 11.3 Å². The monoisotopic (exact) mass is 362 g/mol. The number of nitro groups is 1. The lowest BCUT2D eigenvalue weighted by molar-refractivity contribution is -0.384. The molecule has 0 aliphatic rings. The Morgan fingerprint density at radius 2 is 2.04 bits per heavy atom. The van der Waals surface area contributed by atoms with Crippen molar-refractivity contribution in [1.29, 1.82) is 5.26 Å². The number of hydrogen-bond donors (Lipinski definition) is 0. The van der Waals surface area contributed by atoms with Gasteiger partial charge in [0.2, 0.25) is 0 Å². The summed E-state index contributed by atoms with van der Waals surface area (Å²) in [5.74, 6) is 2.01. The number of aromatic nitrogens is 1. The Morgan fingerprint density at radius 1 is 1.31 bits per heavy atom. The van der Waals surface area contributed by atoms with Gasteiger partial charge in [0.25, 0.3) is 11.6 Å². The van der Waals surface area contributed by atoms with E-state index in [-0.39, 0.29) is 12.2 Å². The van der Waals surface area contributed by atoms with Crippen LogP contribution in [0.3, 0.4) is 0 Å². The number of nitrogens with zero attached hydrogens (tertiary/aromatic N) is 4. The van der Waals surface area contributed by atoms with Crippen LogP contribution in [0, 0.1) is 33.8 Å². The molecule has 0 fully saturated rings. The van der Waals surface area contributed by atoms with Crippen LogP contribution in [0.1, 0.15) is 15.9 Å². The van der Waals surface area contributed by atoms with Crippen molar-refractivity contribution < 1.29 is 9.72 Å². The number of thiazole rings is 1. The number of hydrogen-bond acceptors (Lipinski definition) is 5. The van der Waals surface area contributed by atoms with Gasteiger partial charge in [-0.15, -0.1) is 6.42 Å². The predicted molar refractivity (Wildman–Crippen MR) is 96.4 cm³/mol. The van der Waals surface area contributed by atoms with Gasteiger partial charge in [-0.25, -0.2) is 0 Å². The van der Waals surface area contributed by atoms with Crippen molar-refractivity contribution in [2.75, 3.05) is 0 Å². The molecular weight excluding hydrogens is 352 g/mol. The first-order valence-corrected chi connectivity index (χ1v) is 8.15. The van der Waals surface area contributed by atoms with E-state index in [0.29, 0.717) is 26.1 Å². The van der Waals surface area contributed by atoms with Crippen molar-refractivity contribution in [2.45, 2.75) is 6.54 Å². The molecule has 0 N–H and O–H groups in total. The van der Waals surface area contributed by atoms with E-state index >= 15 is 0 Å². The van der Waals surface area contributed by atoms with Crippen LogP contribution in [0.2, 0.25) is 0 Å². The summed E-state index contributed by atoms with van der Waals surface area (Å²) in [7, 11) is 0. The average molecular weight is 362 g/mol. The molecule has 1 heterocycles. The first kappa shape index (κ1) is 17.1. The second-order valence-corrected chi connectivity index (χ2v) is 6.20. The molecule has 1 aromatic heterocycles. The van der Waals surface area contributed by atoms with Gasteiger partial charge in [0, 0.05) is 17.7 Å². The molecule has 0 saturated carbocycles. The number of carbonyl (C=O) groups is 1. The molecule has 7 nitrogen and oxygen atoms in total. The maximum Gasteiger partial charge on any atom is 0.279 e. The van der Waals surface area contributed by atoms with Gasteiger partial charge in [-0.2, -0.15) is 10.3 Å². The molecular formula is C18H10N4O3S. The van der Waals surface area contributed by atoms with Crippen LogP contribution in [-0.2, 0) is 6.54 Å². The molecule has 0 unspecified atom stereocenters. The highest BCUT2D eigenvalue weighted by Crippen LogP contribution is 2.23. The molecule has 3 rings (SSSR count). The molecule has 126 valence electrons. The van der Waals surface area contributed by atoms with Gasteiger partial charge in [-0.3, -0.25) is 14.9 Å². The second kappa shape index (κ2) is 7.01. The number of benzene rings is 2. The minimum absolute atomic E-state index is 0.0448. The Bertz CT molecular complexity index is 1170. The zero-order valence-corrected chi connectivity index (χ0v) is 14.1. The molecule has 0 atom stereocenters. The normalized spacial score (nSPS) is 11.1. The first-order valence-electron chi connectivity index (χ1n) is 7.34. The van der Waals surface area contributed by atoms with Crippen molar-refractivity contribution in [1.82, 2.24) is 4.57 Å². The number of nitro benzene ring substituents is 1. The summed E-state index contributed by atoms with van der Waals surface area (Å²) in [5, 5.41) is 19.8. The van der Waals surface area contributed by atoms with Crippen LogP contribution in [0.15, 0.2) is 47.5 Å². The summed E-state index contributed by atoms with van der Waals surface area (Å²) in [6.45, 7) is 0.178. The van der Waals surface area contributed by atoms with Gasteiger partial charge < -0.3 is 4.57 Å². The lowest BCUT2D eigenvalue weighted by Crippen LogP contribution is -2.16. The number of non-ortho nitro benzene ring substituents is 1. The number of fused-ring (bicyclic) bond motifs is 1. The zero-order valence-electron chi connectivity index (χ0n) is 13.2. The van der Waals surface area contributed by atoms with E-state index in [1.807, 2.05) is 6.07 Å². The highest BCUT2D eigenvalue weighted by atomic mass is 32.1. The van der Waals surface area contributed by atoms with Crippen LogP contribution in [-0.4, -0.2) is 15.4 Å². The molecule has 0 aliphatic heterocycles. The molecule has 0 aliphatic carbocycles. The number of nitriles is 1. The van der Waals surface area contributed by atoms with Gasteiger partial charge in [0.1, 0.15) is 0 Å². The molecule has 0 spiro atoms. The number of rotatable bonds is 3. The minimum Gasteiger partial charge on any atom is -0.305 e. The van der Waals surface area contributed by atoms with E-state index in [1.165, 1.54) is 36.4 Å². The van der Waals surface area contributed by atoms with E-state index in [4.69, 9.17) is 11.7 Å². The molecule has 1 amide bonds. The first-order chi connectivity index (χ1) is 12.5. The maximum absolute atomic E-state index is 12.4. The van der Waals surface area contributed by atoms with Crippen LogP contribution in [0.25, 0.3) is 10.2 Å². The van der Waals surface area contributed by atoms with Gasteiger partial charge >= 0.3 is 0 Å². The Balaban J connectivity index is 2.12. The predicted octanol–water partition coefficient (Wildman–Crippen LogP) is 2.86. The average Bonchev–Trinajstić information content (AvgIpc) is 2.98. The summed E-state index contributed by atoms with van der Waals surface area (Å²) in [4.78, 5) is 27.3. The van der Waals surface area contributed by atoms with Crippen molar-refractivity contribution in [3.8, 4) is 18.4 Å². The fourth-order valence-electron chi connectivity index (χ4n) is 2.34. The minimum atomic E-state index is -0.485. The quantitative estimate of drug-likeness (QED) is 0.406. The van der Waals surface area contributed by atoms with E-state index in [2.05, 4.69) is 10.9 Å². The maximum atomic E-state index is 12.4. The molecule has 26 heavy (non-hydrogen) atoms. The highest BCUT2D eigenvalue weighted by Gasteiger charge is 2.13. The van der Waals surface area contributed by atoms with Crippen LogP contribution in [0.5, 0.6) is 0 Å².